The van der Waals surface area contributed by atoms with Gasteiger partial charge in [0.05, 0.1) is 10.4 Å². The minimum absolute atomic E-state index is 0.0548. The Morgan fingerprint density at radius 3 is 2.40 bits per heavy atom. The van der Waals surface area contributed by atoms with E-state index in [-0.39, 0.29) is 10.4 Å². The molecule has 20 heavy (non-hydrogen) atoms. The van der Waals surface area contributed by atoms with Crippen LogP contribution in [0.4, 0.5) is 4.39 Å². The van der Waals surface area contributed by atoms with Gasteiger partial charge in [0.25, 0.3) is 0 Å². The lowest BCUT2D eigenvalue weighted by Crippen LogP contribution is -2.39. The molecule has 1 aliphatic rings. The van der Waals surface area contributed by atoms with Crippen LogP contribution in [0.5, 0.6) is 0 Å². The summed E-state index contributed by atoms with van der Waals surface area (Å²) in [6, 6.07) is 4.48. The van der Waals surface area contributed by atoms with Crippen LogP contribution < -0.4 is 0 Å². The molecule has 1 saturated carbocycles. The van der Waals surface area contributed by atoms with Crippen molar-refractivity contribution in [2.45, 2.75) is 46.0 Å². The molecule has 0 spiro atoms. The lowest BCUT2D eigenvalue weighted by molar-refractivity contribution is -0.152. The molecule has 4 heteroatoms. The van der Waals surface area contributed by atoms with Crippen molar-refractivity contribution in [3.8, 4) is 0 Å². The van der Waals surface area contributed by atoms with Crippen molar-refractivity contribution in [2.75, 3.05) is 0 Å². The third-order valence-electron chi connectivity index (χ3n) is 4.54. The van der Waals surface area contributed by atoms with E-state index in [1.165, 1.54) is 6.07 Å². The fourth-order valence-electron chi connectivity index (χ4n) is 2.91. The molecule has 1 fully saturated rings. The number of carboxylic acid groups (broad SMARTS) is 1. The first-order valence-electron chi connectivity index (χ1n) is 6.92. The van der Waals surface area contributed by atoms with E-state index in [4.69, 9.17) is 11.6 Å². The Morgan fingerprint density at radius 2 is 1.90 bits per heavy atom. The standard InChI is InChI=1S/C16H20ClFO2/c1-15(2)5-7-16(8-6-15,14(19)20)10-11-3-4-13(18)12(17)9-11/h3-4,9H,5-8,10H2,1-2H3,(H,19,20). The van der Waals surface area contributed by atoms with E-state index in [0.717, 1.165) is 18.4 Å². The van der Waals surface area contributed by atoms with E-state index < -0.39 is 17.2 Å². The molecular formula is C16H20ClFO2. The fraction of sp³-hybridized carbons (Fsp3) is 0.562. The average molecular weight is 299 g/mol. The predicted molar refractivity (Wildman–Crippen MR) is 77.4 cm³/mol. The van der Waals surface area contributed by atoms with E-state index in [9.17, 15) is 14.3 Å². The summed E-state index contributed by atoms with van der Waals surface area (Å²) in [5, 5.41) is 9.69. The second-order valence-corrected chi connectivity index (χ2v) is 7.08. The molecule has 1 N–H and O–H groups in total. The fourth-order valence-corrected chi connectivity index (χ4v) is 3.12. The van der Waals surface area contributed by atoms with Crippen molar-refractivity contribution < 1.29 is 14.3 Å². The van der Waals surface area contributed by atoms with Gasteiger partial charge in [0, 0.05) is 0 Å². The largest absolute Gasteiger partial charge is 0.481 e. The Balaban J connectivity index is 2.22. The Morgan fingerprint density at radius 1 is 1.30 bits per heavy atom. The topological polar surface area (TPSA) is 37.3 Å². The summed E-state index contributed by atoms with van der Waals surface area (Å²) in [7, 11) is 0. The van der Waals surface area contributed by atoms with Gasteiger partial charge in [-0.15, -0.1) is 0 Å². The number of halogens is 2. The van der Waals surface area contributed by atoms with Crippen LogP contribution in [-0.4, -0.2) is 11.1 Å². The van der Waals surface area contributed by atoms with Crippen molar-refractivity contribution in [3.63, 3.8) is 0 Å². The lowest BCUT2D eigenvalue weighted by Gasteiger charge is -2.41. The molecule has 0 radical (unpaired) electrons. The van der Waals surface area contributed by atoms with Crippen LogP contribution in [0.1, 0.15) is 45.1 Å². The number of carboxylic acids is 1. The highest BCUT2D eigenvalue weighted by Crippen LogP contribution is 2.47. The van der Waals surface area contributed by atoms with Gasteiger partial charge < -0.3 is 5.11 Å². The zero-order valence-corrected chi connectivity index (χ0v) is 12.6. The Kier molecular flexibility index (Phi) is 4.10. The lowest BCUT2D eigenvalue weighted by atomic mass is 9.63. The van der Waals surface area contributed by atoms with Gasteiger partial charge in [0.2, 0.25) is 0 Å². The predicted octanol–water partition coefficient (Wildman–Crippen LogP) is 4.69. The molecule has 0 heterocycles. The molecule has 0 bridgehead atoms. The normalized spacial score (nSPS) is 20.6. The molecule has 2 nitrogen and oxygen atoms in total. The third-order valence-corrected chi connectivity index (χ3v) is 4.83. The molecule has 2 rings (SSSR count). The number of carbonyl (C=O) groups is 1. The Hall–Kier alpha value is -1.09. The van der Waals surface area contributed by atoms with Crippen LogP contribution in [0, 0.1) is 16.6 Å². The van der Waals surface area contributed by atoms with E-state index >= 15 is 0 Å². The molecule has 0 saturated heterocycles. The van der Waals surface area contributed by atoms with Crippen molar-refractivity contribution in [3.05, 3.63) is 34.6 Å². The molecule has 0 amide bonds. The highest BCUT2D eigenvalue weighted by Gasteiger charge is 2.44. The summed E-state index contributed by atoms with van der Waals surface area (Å²) >= 11 is 5.78. The second kappa shape index (κ2) is 5.36. The maximum absolute atomic E-state index is 13.2. The van der Waals surface area contributed by atoms with Gasteiger partial charge in [0.15, 0.2) is 0 Å². The number of rotatable bonds is 3. The zero-order valence-electron chi connectivity index (χ0n) is 11.9. The molecular weight excluding hydrogens is 279 g/mol. The third kappa shape index (κ3) is 3.14. The molecule has 0 aliphatic heterocycles. The summed E-state index contributed by atoms with van der Waals surface area (Å²) in [5.74, 6) is -1.22. The van der Waals surface area contributed by atoms with E-state index in [1.54, 1.807) is 12.1 Å². The van der Waals surface area contributed by atoms with Crippen LogP contribution in [0.2, 0.25) is 5.02 Å². The van der Waals surface area contributed by atoms with Crippen molar-refractivity contribution in [2.24, 2.45) is 10.8 Å². The molecule has 0 unspecified atom stereocenters. The molecule has 0 aromatic heterocycles. The van der Waals surface area contributed by atoms with Crippen LogP contribution in [0.25, 0.3) is 0 Å². The van der Waals surface area contributed by atoms with Crippen LogP contribution in [0.3, 0.4) is 0 Å². The highest BCUT2D eigenvalue weighted by atomic mass is 35.5. The van der Waals surface area contributed by atoms with E-state index in [2.05, 4.69) is 13.8 Å². The van der Waals surface area contributed by atoms with Crippen LogP contribution >= 0.6 is 11.6 Å². The van der Waals surface area contributed by atoms with Crippen LogP contribution in [-0.2, 0) is 11.2 Å². The number of hydrogen-bond acceptors (Lipinski definition) is 1. The summed E-state index contributed by atoms with van der Waals surface area (Å²) in [4.78, 5) is 11.7. The van der Waals surface area contributed by atoms with Gasteiger partial charge in [0.1, 0.15) is 5.82 Å². The first kappa shape index (κ1) is 15.3. The quantitative estimate of drug-likeness (QED) is 0.878. The minimum atomic E-state index is -0.756. The molecule has 0 atom stereocenters. The number of aliphatic carboxylic acids is 1. The maximum Gasteiger partial charge on any atom is 0.309 e. The summed E-state index contributed by atoms with van der Waals surface area (Å²) in [5.41, 5.74) is 0.259. The minimum Gasteiger partial charge on any atom is -0.481 e. The second-order valence-electron chi connectivity index (χ2n) is 6.67. The Labute approximate surface area is 123 Å². The monoisotopic (exact) mass is 298 g/mol. The van der Waals surface area contributed by atoms with Crippen LogP contribution in [0.15, 0.2) is 18.2 Å². The first-order valence-corrected chi connectivity index (χ1v) is 7.29. The summed E-state index contributed by atoms with van der Waals surface area (Å²) in [6.07, 6.45) is 3.52. The highest BCUT2D eigenvalue weighted by molar-refractivity contribution is 6.30. The number of benzene rings is 1. The van der Waals surface area contributed by atoms with Gasteiger partial charge in [-0.3, -0.25) is 4.79 Å². The van der Waals surface area contributed by atoms with Gasteiger partial charge in [-0.1, -0.05) is 31.5 Å². The summed E-state index contributed by atoms with van der Waals surface area (Å²) in [6.45, 7) is 4.35. The van der Waals surface area contributed by atoms with Gasteiger partial charge in [-0.2, -0.15) is 0 Å². The SMILES string of the molecule is CC1(C)CCC(Cc2ccc(F)c(Cl)c2)(C(=O)O)CC1. The van der Waals surface area contributed by atoms with E-state index in [1.807, 2.05) is 0 Å². The first-order chi connectivity index (χ1) is 9.24. The molecule has 1 aliphatic carbocycles. The van der Waals surface area contributed by atoms with Crippen molar-refractivity contribution in [1.82, 2.24) is 0 Å². The zero-order chi connectivity index (χ0) is 15.0. The summed E-state index contributed by atoms with van der Waals surface area (Å²) < 4.78 is 13.2. The van der Waals surface area contributed by atoms with Crippen molar-refractivity contribution in [1.29, 1.82) is 0 Å². The van der Waals surface area contributed by atoms with Gasteiger partial charge in [-0.05, 0) is 55.2 Å². The average Bonchev–Trinajstić information content (AvgIpc) is 2.36. The van der Waals surface area contributed by atoms with Crippen molar-refractivity contribution >= 4 is 17.6 Å². The smallest absolute Gasteiger partial charge is 0.309 e. The molecule has 110 valence electrons. The molecule has 1 aromatic rings. The van der Waals surface area contributed by atoms with E-state index in [0.29, 0.717) is 19.3 Å². The Bertz CT molecular complexity index is 515. The maximum atomic E-state index is 13.2. The van der Waals surface area contributed by atoms with Gasteiger partial charge in [-0.25, -0.2) is 4.39 Å². The van der Waals surface area contributed by atoms with Gasteiger partial charge >= 0.3 is 5.97 Å². The number of hydrogen-bond donors (Lipinski definition) is 1. The molecule has 1 aromatic carbocycles.